The minimum Gasteiger partial charge on any atom is -0.340 e. The first-order valence-corrected chi connectivity index (χ1v) is 9.83. The molecular weight excluding hydrogens is 393 g/mol. The van der Waals surface area contributed by atoms with Gasteiger partial charge in [-0.1, -0.05) is 31.9 Å². The minimum atomic E-state index is -0.763. The highest BCUT2D eigenvalue weighted by molar-refractivity contribution is 6.01. The first-order valence-electron chi connectivity index (χ1n) is 9.83. The average molecular weight is 415 g/mol. The zero-order chi connectivity index (χ0) is 22.2. The molecule has 0 radical (unpaired) electrons. The van der Waals surface area contributed by atoms with E-state index in [1.807, 2.05) is 38.1 Å². The lowest BCUT2D eigenvalue weighted by atomic mass is 10.0. The Balaban J connectivity index is 1.70. The molecule has 31 heavy (non-hydrogen) atoms. The quantitative estimate of drug-likeness (QED) is 0.619. The Bertz CT molecular complexity index is 1120. The molecule has 2 amide bonds. The van der Waals surface area contributed by atoms with E-state index in [1.165, 1.54) is 24.3 Å². The summed E-state index contributed by atoms with van der Waals surface area (Å²) in [6.07, 6.45) is 1.67. The molecule has 156 valence electrons. The van der Waals surface area contributed by atoms with Crippen LogP contribution in [0.5, 0.6) is 0 Å². The summed E-state index contributed by atoms with van der Waals surface area (Å²) in [5, 5.41) is 5.55. The zero-order valence-electron chi connectivity index (χ0n) is 17.2. The molecule has 0 aliphatic rings. The second kappa shape index (κ2) is 10.2. The SMILES string of the molecule is CC(C)C(NC(=O)c1ccc(F)cc1)C(=O)Nc1cccc(C#Cc2ccccn2)c1. The number of nitrogens with zero attached hydrogens (tertiary/aromatic N) is 1. The number of carbonyl (C=O) groups excluding carboxylic acids is 2. The number of amides is 2. The van der Waals surface area contributed by atoms with Gasteiger partial charge in [-0.05, 0) is 66.4 Å². The van der Waals surface area contributed by atoms with E-state index in [9.17, 15) is 14.0 Å². The third-order valence-corrected chi connectivity index (χ3v) is 4.47. The fourth-order valence-corrected chi connectivity index (χ4v) is 2.83. The van der Waals surface area contributed by atoms with Gasteiger partial charge in [0.15, 0.2) is 0 Å². The Labute approximate surface area is 180 Å². The zero-order valence-corrected chi connectivity index (χ0v) is 17.2. The second-order valence-electron chi connectivity index (χ2n) is 7.24. The number of hydrogen-bond donors (Lipinski definition) is 2. The van der Waals surface area contributed by atoms with E-state index >= 15 is 0 Å². The summed E-state index contributed by atoms with van der Waals surface area (Å²) in [5.74, 6) is 4.62. The van der Waals surface area contributed by atoms with Crippen molar-refractivity contribution in [3.63, 3.8) is 0 Å². The highest BCUT2D eigenvalue weighted by atomic mass is 19.1. The van der Waals surface area contributed by atoms with E-state index in [-0.39, 0.29) is 17.4 Å². The lowest BCUT2D eigenvalue weighted by Gasteiger charge is -2.22. The maximum absolute atomic E-state index is 13.1. The summed E-state index contributed by atoms with van der Waals surface area (Å²) in [4.78, 5) is 29.5. The molecule has 0 saturated carbocycles. The van der Waals surface area contributed by atoms with Crippen LogP contribution in [-0.4, -0.2) is 22.8 Å². The summed E-state index contributed by atoms with van der Waals surface area (Å²) >= 11 is 0. The Morgan fingerprint density at radius 3 is 2.42 bits per heavy atom. The molecule has 3 aromatic rings. The van der Waals surface area contributed by atoms with Crippen molar-refractivity contribution in [3.05, 3.63) is 95.6 Å². The van der Waals surface area contributed by atoms with Gasteiger partial charge in [0.25, 0.3) is 5.91 Å². The summed E-state index contributed by atoms with van der Waals surface area (Å²) in [6.45, 7) is 3.67. The van der Waals surface area contributed by atoms with Gasteiger partial charge in [-0.2, -0.15) is 0 Å². The van der Waals surface area contributed by atoms with E-state index in [4.69, 9.17) is 0 Å². The number of nitrogens with one attached hydrogen (secondary N) is 2. The predicted molar refractivity (Wildman–Crippen MR) is 118 cm³/mol. The van der Waals surface area contributed by atoms with Crippen LogP contribution in [0.15, 0.2) is 72.9 Å². The predicted octanol–water partition coefficient (Wildman–Crippen LogP) is 4.01. The Kier molecular flexibility index (Phi) is 7.13. The third-order valence-electron chi connectivity index (χ3n) is 4.47. The highest BCUT2D eigenvalue weighted by Crippen LogP contribution is 2.13. The number of rotatable bonds is 5. The maximum atomic E-state index is 13.1. The third kappa shape index (κ3) is 6.25. The lowest BCUT2D eigenvalue weighted by Crippen LogP contribution is -2.47. The molecule has 3 rings (SSSR count). The first-order chi connectivity index (χ1) is 14.9. The largest absolute Gasteiger partial charge is 0.340 e. The summed E-state index contributed by atoms with van der Waals surface area (Å²) in [7, 11) is 0. The smallest absolute Gasteiger partial charge is 0.251 e. The molecule has 6 heteroatoms. The molecule has 0 fully saturated rings. The average Bonchev–Trinajstić information content (AvgIpc) is 2.77. The van der Waals surface area contributed by atoms with Gasteiger partial charge in [0, 0.05) is 23.0 Å². The number of hydrogen-bond acceptors (Lipinski definition) is 3. The van der Waals surface area contributed by atoms with Crippen molar-refractivity contribution >= 4 is 17.5 Å². The van der Waals surface area contributed by atoms with Crippen LogP contribution in [0.2, 0.25) is 0 Å². The lowest BCUT2D eigenvalue weighted by molar-refractivity contribution is -0.118. The molecule has 1 atom stereocenters. The number of benzene rings is 2. The second-order valence-corrected chi connectivity index (χ2v) is 7.24. The van der Waals surface area contributed by atoms with Crippen LogP contribution in [0.1, 0.15) is 35.5 Å². The molecule has 1 aromatic heterocycles. The van der Waals surface area contributed by atoms with Crippen LogP contribution in [-0.2, 0) is 4.79 Å². The van der Waals surface area contributed by atoms with E-state index < -0.39 is 17.8 Å². The van der Waals surface area contributed by atoms with Crippen molar-refractivity contribution in [1.82, 2.24) is 10.3 Å². The summed E-state index contributed by atoms with van der Waals surface area (Å²) in [5.41, 5.74) is 2.23. The fraction of sp³-hybridized carbons (Fsp3) is 0.160. The van der Waals surface area contributed by atoms with Crippen LogP contribution >= 0.6 is 0 Å². The maximum Gasteiger partial charge on any atom is 0.251 e. The molecule has 2 N–H and O–H groups in total. The number of halogens is 1. The van der Waals surface area contributed by atoms with E-state index in [0.29, 0.717) is 11.4 Å². The van der Waals surface area contributed by atoms with Crippen molar-refractivity contribution < 1.29 is 14.0 Å². The van der Waals surface area contributed by atoms with Crippen molar-refractivity contribution in [1.29, 1.82) is 0 Å². The van der Waals surface area contributed by atoms with Gasteiger partial charge in [-0.25, -0.2) is 9.37 Å². The number of anilines is 1. The van der Waals surface area contributed by atoms with Crippen LogP contribution in [0, 0.1) is 23.6 Å². The van der Waals surface area contributed by atoms with Crippen molar-refractivity contribution in [3.8, 4) is 11.8 Å². The molecule has 1 unspecified atom stereocenters. The minimum absolute atomic E-state index is 0.156. The van der Waals surface area contributed by atoms with E-state index in [1.54, 1.807) is 24.4 Å². The van der Waals surface area contributed by atoms with Crippen molar-refractivity contribution in [2.75, 3.05) is 5.32 Å². The molecule has 0 aliphatic carbocycles. The van der Waals surface area contributed by atoms with Gasteiger partial charge >= 0.3 is 0 Å². The van der Waals surface area contributed by atoms with Crippen LogP contribution in [0.25, 0.3) is 0 Å². The van der Waals surface area contributed by atoms with Gasteiger partial charge in [0.2, 0.25) is 5.91 Å². The highest BCUT2D eigenvalue weighted by Gasteiger charge is 2.24. The standard InChI is InChI=1S/C25H22FN3O2/c1-17(2)23(29-24(30)19-10-12-20(26)13-11-19)25(31)28-22-8-5-6-18(16-22)9-14-21-7-3-4-15-27-21/h3-8,10-13,15-17,23H,1-2H3,(H,28,31)(H,29,30). The molecular formula is C25H22FN3O2. The van der Waals surface area contributed by atoms with Crippen molar-refractivity contribution in [2.45, 2.75) is 19.9 Å². The first kappa shape index (κ1) is 21.7. The van der Waals surface area contributed by atoms with E-state index in [0.717, 1.165) is 5.56 Å². The number of carbonyl (C=O) groups is 2. The topological polar surface area (TPSA) is 71.1 Å². The molecule has 0 spiro atoms. The van der Waals surface area contributed by atoms with Gasteiger partial charge < -0.3 is 10.6 Å². The Hall–Kier alpha value is -3.98. The van der Waals surface area contributed by atoms with Gasteiger partial charge in [0.05, 0.1) is 0 Å². The monoisotopic (exact) mass is 415 g/mol. The number of pyridine rings is 1. The molecule has 0 bridgehead atoms. The number of aromatic nitrogens is 1. The van der Waals surface area contributed by atoms with Crippen molar-refractivity contribution in [2.24, 2.45) is 5.92 Å². The molecule has 0 aliphatic heterocycles. The molecule has 5 nitrogen and oxygen atoms in total. The van der Waals surface area contributed by atoms with Gasteiger partial charge in [-0.3, -0.25) is 9.59 Å². The Morgan fingerprint density at radius 2 is 1.74 bits per heavy atom. The fourth-order valence-electron chi connectivity index (χ4n) is 2.83. The molecule has 0 saturated heterocycles. The summed E-state index contributed by atoms with van der Waals surface area (Å²) < 4.78 is 13.1. The Morgan fingerprint density at radius 1 is 0.968 bits per heavy atom. The summed E-state index contributed by atoms with van der Waals surface area (Å²) in [6, 6.07) is 17.0. The molecule has 1 heterocycles. The van der Waals surface area contributed by atoms with Crippen LogP contribution in [0.3, 0.4) is 0 Å². The normalized spacial score (nSPS) is 11.2. The van der Waals surface area contributed by atoms with Crippen LogP contribution < -0.4 is 10.6 Å². The molecule has 2 aromatic carbocycles. The van der Waals surface area contributed by atoms with E-state index in [2.05, 4.69) is 27.5 Å². The van der Waals surface area contributed by atoms with Crippen LogP contribution in [0.4, 0.5) is 10.1 Å². The van der Waals surface area contributed by atoms with Gasteiger partial charge in [-0.15, -0.1) is 0 Å². The van der Waals surface area contributed by atoms with Gasteiger partial charge in [0.1, 0.15) is 17.6 Å².